The van der Waals surface area contributed by atoms with Crippen LogP contribution in [0.25, 0.3) is 5.95 Å². The predicted molar refractivity (Wildman–Crippen MR) is 177 cm³/mol. The fraction of sp³-hybridized carbons (Fsp3) is 0.382. The summed E-state index contributed by atoms with van der Waals surface area (Å²) in [5.74, 6) is 3.37. The van der Waals surface area contributed by atoms with E-state index in [0.717, 1.165) is 11.4 Å². The van der Waals surface area contributed by atoms with Crippen LogP contribution in [0, 0.1) is 0 Å². The fourth-order valence-corrected chi connectivity index (χ4v) is 5.63. The molecule has 2 aromatic heterocycles. The number of nitrogens with zero attached hydrogens (tertiary/aromatic N) is 6. The van der Waals surface area contributed by atoms with Gasteiger partial charge >= 0.3 is 6.03 Å². The zero-order valence-electron chi connectivity index (χ0n) is 26.8. The first-order chi connectivity index (χ1) is 22.9. The summed E-state index contributed by atoms with van der Waals surface area (Å²) in [4.78, 5) is 44.4. The first-order valence-electron chi connectivity index (χ1n) is 15.9. The summed E-state index contributed by atoms with van der Waals surface area (Å²) in [5.41, 5.74) is 1.53. The number of methoxy groups -OCH3 is 1. The number of carbonyl (C=O) groups excluding carboxylic acids is 2. The molecule has 0 bridgehead atoms. The highest BCUT2D eigenvalue weighted by molar-refractivity contribution is 5.89. The molecule has 4 heterocycles. The predicted octanol–water partition coefficient (Wildman–Crippen LogP) is 4.25. The van der Waals surface area contributed by atoms with Gasteiger partial charge in [-0.3, -0.25) is 9.36 Å². The smallest absolute Gasteiger partial charge is 0.321 e. The zero-order chi connectivity index (χ0) is 32.8. The van der Waals surface area contributed by atoms with Crippen molar-refractivity contribution in [3.63, 3.8) is 0 Å². The maximum Gasteiger partial charge on any atom is 0.321 e. The lowest BCUT2D eigenvalue weighted by Gasteiger charge is -2.42. The van der Waals surface area contributed by atoms with Crippen LogP contribution in [0.1, 0.15) is 38.3 Å². The van der Waals surface area contributed by atoms with Crippen LogP contribution in [-0.2, 0) is 4.79 Å². The molecule has 2 aliphatic heterocycles. The van der Waals surface area contributed by atoms with E-state index in [0.29, 0.717) is 68.2 Å². The Labute approximate surface area is 273 Å². The van der Waals surface area contributed by atoms with Crippen LogP contribution in [0.15, 0.2) is 73.3 Å². The van der Waals surface area contributed by atoms with E-state index in [4.69, 9.17) is 24.2 Å². The lowest BCUT2D eigenvalue weighted by Crippen LogP contribution is -2.57. The van der Waals surface area contributed by atoms with E-state index >= 15 is 0 Å². The number of para-hydroxylation sites is 2. The summed E-state index contributed by atoms with van der Waals surface area (Å²) in [7, 11) is 1.60. The Kier molecular flexibility index (Phi) is 9.69. The Bertz CT molecular complexity index is 1660. The van der Waals surface area contributed by atoms with Crippen LogP contribution in [-0.4, -0.2) is 88.4 Å². The van der Waals surface area contributed by atoms with E-state index in [9.17, 15) is 9.59 Å². The molecule has 1 fully saturated rings. The van der Waals surface area contributed by atoms with Gasteiger partial charge in [-0.15, -0.1) is 0 Å². The third kappa shape index (κ3) is 7.74. The lowest BCUT2D eigenvalue weighted by molar-refractivity contribution is -0.121. The van der Waals surface area contributed by atoms with Gasteiger partial charge < -0.3 is 34.6 Å². The molecular weight excluding hydrogens is 600 g/mol. The molecule has 2 unspecified atom stereocenters. The highest BCUT2D eigenvalue weighted by Gasteiger charge is 2.33. The molecule has 47 heavy (non-hydrogen) atoms. The minimum absolute atomic E-state index is 0.123. The van der Waals surface area contributed by atoms with Crippen molar-refractivity contribution in [1.82, 2.24) is 29.7 Å². The summed E-state index contributed by atoms with van der Waals surface area (Å²) in [6, 6.07) is 16.2. The molecule has 0 radical (unpaired) electrons. The van der Waals surface area contributed by atoms with E-state index in [1.807, 2.05) is 30.3 Å². The van der Waals surface area contributed by atoms with Gasteiger partial charge in [-0.1, -0.05) is 26.0 Å². The summed E-state index contributed by atoms with van der Waals surface area (Å²) < 4.78 is 18.9. The van der Waals surface area contributed by atoms with Gasteiger partial charge in [0.2, 0.25) is 11.9 Å². The molecule has 4 aromatic rings. The van der Waals surface area contributed by atoms with Crippen LogP contribution in [0.5, 0.6) is 17.2 Å². The van der Waals surface area contributed by atoms with E-state index in [-0.39, 0.29) is 36.4 Å². The van der Waals surface area contributed by atoms with Crippen molar-refractivity contribution in [2.45, 2.75) is 44.8 Å². The molecule has 2 aliphatic rings. The molecule has 6 rings (SSSR count). The molecule has 13 nitrogen and oxygen atoms in total. The molecule has 13 heteroatoms. The first kappa shape index (κ1) is 31.6. The van der Waals surface area contributed by atoms with E-state index < -0.39 is 0 Å². The Morgan fingerprint density at radius 1 is 1.06 bits per heavy atom. The number of anilines is 2. The summed E-state index contributed by atoms with van der Waals surface area (Å²) >= 11 is 0. The van der Waals surface area contributed by atoms with E-state index in [2.05, 4.69) is 34.4 Å². The number of benzene rings is 2. The Hall–Kier alpha value is -5.33. The highest BCUT2D eigenvalue weighted by Crippen LogP contribution is 2.31. The van der Waals surface area contributed by atoms with Crippen molar-refractivity contribution < 1.29 is 23.8 Å². The number of imidazole rings is 1. The maximum absolute atomic E-state index is 13.4. The van der Waals surface area contributed by atoms with Gasteiger partial charge in [0.05, 0.1) is 18.8 Å². The minimum Gasteiger partial charge on any atom is -0.497 e. The Morgan fingerprint density at radius 3 is 2.62 bits per heavy atom. The maximum atomic E-state index is 13.4. The second-order valence-corrected chi connectivity index (χ2v) is 11.9. The number of hydrogen-bond acceptors (Lipinski definition) is 9. The number of urea groups is 1. The average Bonchev–Trinajstić information content (AvgIpc) is 3.64. The van der Waals surface area contributed by atoms with Crippen LogP contribution < -0.4 is 29.7 Å². The normalized spacial score (nSPS) is 17.4. The van der Waals surface area contributed by atoms with Gasteiger partial charge in [0.25, 0.3) is 0 Å². The standard InChI is InChI=1S/C34H40N8O5/c1-23(2)28-19-31(39-33(38-28)41-15-14-35-22-41)42-17-16-40(34(44)37-24-8-10-26(45-3)11-9-24)20-25(42)18-32(43)36-13-12-27-21-46-29-6-4-5-7-30(29)47-27/h4-11,14-15,19,22-23,25,27H,12-13,16-18,20-21H2,1-3H3,(H,36,43)(H,37,44). The number of fused-ring (bicyclic) bond motifs is 1. The number of amides is 3. The average molecular weight is 641 g/mol. The second-order valence-electron chi connectivity index (χ2n) is 11.9. The van der Waals surface area contributed by atoms with Crippen molar-refractivity contribution in [2.75, 3.05) is 50.1 Å². The van der Waals surface area contributed by atoms with E-state index in [1.54, 1.807) is 59.6 Å². The summed E-state index contributed by atoms with van der Waals surface area (Å²) in [6.07, 6.45) is 5.75. The monoisotopic (exact) mass is 640 g/mol. The highest BCUT2D eigenvalue weighted by atomic mass is 16.6. The third-order valence-electron chi connectivity index (χ3n) is 8.23. The summed E-state index contributed by atoms with van der Waals surface area (Å²) in [5, 5.41) is 6.03. The number of rotatable bonds is 10. The number of carbonyl (C=O) groups is 2. The molecule has 0 saturated carbocycles. The van der Waals surface area contributed by atoms with Crippen LogP contribution in [0.4, 0.5) is 16.3 Å². The third-order valence-corrected chi connectivity index (χ3v) is 8.23. The summed E-state index contributed by atoms with van der Waals surface area (Å²) in [6.45, 7) is 6.27. The quantitative estimate of drug-likeness (QED) is 0.261. The molecule has 2 atom stereocenters. The number of ether oxygens (including phenoxy) is 3. The molecule has 2 aromatic carbocycles. The fourth-order valence-electron chi connectivity index (χ4n) is 5.63. The SMILES string of the molecule is COc1ccc(NC(=O)N2CCN(c3cc(C(C)C)nc(-n4ccnc4)n3)C(CC(=O)NCCC3COc4ccccc4O3)C2)cc1. The molecule has 246 valence electrons. The number of piperazine rings is 1. The van der Waals surface area contributed by atoms with Gasteiger partial charge in [-0.05, 0) is 42.3 Å². The van der Waals surface area contributed by atoms with Gasteiger partial charge in [-0.2, -0.15) is 4.98 Å². The van der Waals surface area contributed by atoms with Crippen molar-refractivity contribution in [3.8, 4) is 23.2 Å². The molecule has 3 amide bonds. The molecule has 0 spiro atoms. The number of aromatic nitrogens is 4. The zero-order valence-corrected chi connectivity index (χ0v) is 26.8. The van der Waals surface area contributed by atoms with Crippen LogP contribution in [0.3, 0.4) is 0 Å². The molecule has 1 saturated heterocycles. The first-order valence-corrected chi connectivity index (χ1v) is 15.9. The number of hydrogen-bond donors (Lipinski definition) is 2. The van der Waals surface area contributed by atoms with Crippen LogP contribution >= 0.6 is 0 Å². The lowest BCUT2D eigenvalue weighted by atomic mass is 10.1. The molecule has 2 N–H and O–H groups in total. The second kappa shape index (κ2) is 14.4. The van der Waals surface area contributed by atoms with Crippen LogP contribution in [0.2, 0.25) is 0 Å². The van der Waals surface area contributed by atoms with Gasteiger partial charge in [0, 0.05) is 63.2 Å². The molecule has 0 aliphatic carbocycles. The number of nitrogens with one attached hydrogen (secondary N) is 2. The van der Waals surface area contributed by atoms with Gasteiger partial charge in [0.1, 0.15) is 30.6 Å². The van der Waals surface area contributed by atoms with Crippen molar-refractivity contribution >= 4 is 23.4 Å². The molecular formula is C34H40N8O5. The van der Waals surface area contributed by atoms with Crippen molar-refractivity contribution in [2.24, 2.45) is 0 Å². The van der Waals surface area contributed by atoms with Crippen molar-refractivity contribution in [1.29, 1.82) is 0 Å². The minimum atomic E-state index is -0.336. The van der Waals surface area contributed by atoms with E-state index in [1.165, 1.54) is 0 Å². The topological polar surface area (TPSA) is 136 Å². The largest absolute Gasteiger partial charge is 0.497 e. The van der Waals surface area contributed by atoms with Gasteiger partial charge in [0.15, 0.2) is 11.5 Å². The Balaban J connectivity index is 1.16. The van der Waals surface area contributed by atoms with Crippen molar-refractivity contribution in [3.05, 3.63) is 79.0 Å². The van der Waals surface area contributed by atoms with Gasteiger partial charge in [-0.25, -0.2) is 14.8 Å². The Morgan fingerprint density at radius 2 is 1.87 bits per heavy atom.